The second-order valence-electron chi connectivity index (χ2n) is 4.04. The van der Waals surface area contributed by atoms with Crippen LogP contribution in [0.4, 0.5) is 13.6 Å². The molecule has 0 radical (unpaired) electrons. The number of amides is 2. The van der Waals surface area contributed by atoms with E-state index in [-0.39, 0.29) is 12.1 Å². The van der Waals surface area contributed by atoms with Crippen molar-refractivity contribution in [3.8, 4) is 0 Å². The van der Waals surface area contributed by atoms with Gasteiger partial charge in [-0.2, -0.15) is 0 Å². The van der Waals surface area contributed by atoms with Gasteiger partial charge in [-0.1, -0.05) is 6.92 Å². The van der Waals surface area contributed by atoms with E-state index in [1.807, 2.05) is 0 Å². The first-order valence-corrected chi connectivity index (χ1v) is 6.04. The van der Waals surface area contributed by atoms with Crippen LogP contribution in [0.2, 0.25) is 0 Å². The zero-order valence-electron chi connectivity index (χ0n) is 11.2. The third-order valence-electron chi connectivity index (χ3n) is 2.66. The first-order valence-electron chi connectivity index (χ1n) is 6.04. The van der Waals surface area contributed by atoms with Gasteiger partial charge in [0.15, 0.2) is 0 Å². The molecule has 2 amide bonds. The van der Waals surface area contributed by atoms with Crippen LogP contribution in [0.15, 0.2) is 18.2 Å². The second-order valence-corrected chi connectivity index (χ2v) is 4.04. The molecule has 1 aromatic carbocycles. The summed E-state index contributed by atoms with van der Waals surface area (Å²) in [7, 11) is 1.17. The Kier molecular flexibility index (Phi) is 5.89. The highest BCUT2D eigenvalue weighted by atomic mass is 19.1. The van der Waals surface area contributed by atoms with Gasteiger partial charge in [0, 0.05) is 5.56 Å². The number of ether oxygens (including phenoxy) is 1. The lowest BCUT2D eigenvalue weighted by Crippen LogP contribution is -2.38. The molecule has 0 bridgehead atoms. The Balaban J connectivity index is 2.69. The van der Waals surface area contributed by atoms with Gasteiger partial charge >= 0.3 is 6.09 Å². The summed E-state index contributed by atoms with van der Waals surface area (Å²) >= 11 is 0. The van der Waals surface area contributed by atoms with Crippen molar-refractivity contribution in [1.29, 1.82) is 0 Å². The van der Waals surface area contributed by atoms with Gasteiger partial charge in [0.1, 0.15) is 18.2 Å². The summed E-state index contributed by atoms with van der Waals surface area (Å²) in [5.41, 5.74) is 0.0684. The number of hydrogen-bond acceptors (Lipinski definition) is 3. The van der Waals surface area contributed by atoms with Crippen LogP contribution >= 0.6 is 0 Å². The molecule has 2 N–H and O–H groups in total. The summed E-state index contributed by atoms with van der Waals surface area (Å²) < 4.78 is 31.1. The van der Waals surface area contributed by atoms with Crippen LogP contribution in [0.25, 0.3) is 0 Å². The number of carbonyl (C=O) groups is 2. The van der Waals surface area contributed by atoms with E-state index in [1.165, 1.54) is 7.11 Å². The molecule has 0 aliphatic rings. The highest BCUT2D eigenvalue weighted by Crippen LogP contribution is 2.20. The van der Waals surface area contributed by atoms with E-state index in [2.05, 4.69) is 15.4 Å². The minimum absolute atomic E-state index is 0.0684. The smallest absolute Gasteiger partial charge is 0.407 e. The molecule has 0 saturated carbocycles. The minimum atomic E-state index is -0.745. The SMILES string of the molecule is CC[C@@H](NC(=O)CNC(=O)OC)c1cc(F)ccc1F. The molecule has 1 atom stereocenters. The van der Waals surface area contributed by atoms with Crippen LogP contribution in [-0.4, -0.2) is 25.7 Å². The predicted octanol–water partition coefficient (Wildman–Crippen LogP) is 1.89. The zero-order chi connectivity index (χ0) is 15.1. The van der Waals surface area contributed by atoms with E-state index in [0.717, 1.165) is 18.2 Å². The highest BCUT2D eigenvalue weighted by Gasteiger charge is 2.17. The van der Waals surface area contributed by atoms with E-state index in [9.17, 15) is 18.4 Å². The number of benzene rings is 1. The maximum Gasteiger partial charge on any atom is 0.407 e. The van der Waals surface area contributed by atoms with Gasteiger partial charge in [0.05, 0.1) is 13.2 Å². The molecule has 0 aromatic heterocycles. The summed E-state index contributed by atoms with van der Waals surface area (Å²) in [6.07, 6.45) is -0.366. The molecule has 0 aliphatic carbocycles. The molecule has 0 heterocycles. The Morgan fingerprint density at radius 1 is 1.35 bits per heavy atom. The Morgan fingerprint density at radius 2 is 2.05 bits per heavy atom. The van der Waals surface area contributed by atoms with Crippen molar-refractivity contribution in [3.63, 3.8) is 0 Å². The van der Waals surface area contributed by atoms with Crippen LogP contribution < -0.4 is 10.6 Å². The molecule has 20 heavy (non-hydrogen) atoms. The molecular formula is C13H16F2N2O3. The summed E-state index contributed by atoms with van der Waals surface area (Å²) in [6.45, 7) is 1.42. The topological polar surface area (TPSA) is 67.4 Å². The molecule has 0 spiro atoms. The predicted molar refractivity (Wildman–Crippen MR) is 67.9 cm³/mol. The fraction of sp³-hybridized carbons (Fsp3) is 0.385. The summed E-state index contributed by atoms with van der Waals surface area (Å²) in [6, 6.07) is 2.38. The molecule has 7 heteroatoms. The lowest BCUT2D eigenvalue weighted by atomic mass is 10.0. The van der Waals surface area contributed by atoms with Crippen LogP contribution in [0, 0.1) is 11.6 Å². The largest absolute Gasteiger partial charge is 0.453 e. The zero-order valence-corrected chi connectivity index (χ0v) is 11.2. The third-order valence-corrected chi connectivity index (χ3v) is 2.66. The summed E-state index contributed by atoms with van der Waals surface area (Å²) in [5, 5.41) is 4.71. The minimum Gasteiger partial charge on any atom is -0.453 e. The van der Waals surface area contributed by atoms with Gasteiger partial charge in [-0.05, 0) is 24.6 Å². The van der Waals surface area contributed by atoms with E-state index >= 15 is 0 Å². The summed E-state index contributed by atoms with van der Waals surface area (Å²) in [5.74, 6) is -1.70. The van der Waals surface area contributed by atoms with Gasteiger partial charge in [-0.3, -0.25) is 4.79 Å². The molecule has 0 unspecified atom stereocenters. The Morgan fingerprint density at radius 3 is 2.65 bits per heavy atom. The van der Waals surface area contributed by atoms with Crippen molar-refractivity contribution < 1.29 is 23.1 Å². The van der Waals surface area contributed by atoms with E-state index < -0.39 is 29.7 Å². The average Bonchev–Trinajstić information content (AvgIpc) is 2.44. The number of rotatable bonds is 5. The van der Waals surface area contributed by atoms with Crippen LogP contribution in [0.1, 0.15) is 24.9 Å². The Bertz CT molecular complexity index is 495. The molecule has 5 nitrogen and oxygen atoms in total. The quantitative estimate of drug-likeness (QED) is 0.868. The maximum atomic E-state index is 13.6. The molecule has 0 fully saturated rings. The number of nitrogens with one attached hydrogen (secondary N) is 2. The van der Waals surface area contributed by atoms with Crippen molar-refractivity contribution >= 4 is 12.0 Å². The first kappa shape index (κ1) is 15.9. The number of alkyl carbamates (subject to hydrolysis) is 1. The van der Waals surface area contributed by atoms with Crippen molar-refractivity contribution in [2.45, 2.75) is 19.4 Å². The normalized spacial score (nSPS) is 11.6. The Labute approximate surface area is 115 Å². The van der Waals surface area contributed by atoms with Gasteiger partial charge in [-0.25, -0.2) is 13.6 Å². The third kappa shape index (κ3) is 4.49. The molecule has 1 rings (SSSR count). The van der Waals surface area contributed by atoms with Crippen LogP contribution in [0.3, 0.4) is 0 Å². The summed E-state index contributed by atoms with van der Waals surface area (Å²) in [4.78, 5) is 22.4. The molecule has 110 valence electrons. The van der Waals surface area contributed by atoms with Gasteiger partial charge in [0.25, 0.3) is 0 Å². The first-order chi connectivity index (χ1) is 9.47. The van der Waals surface area contributed by atoms with Crippen molar-refractivity contribution in [2.75, 3.05) is 13.7 Å². The second kappa shape index (κ2) is 7.42. The lowest BCUT2D eigenvalue weighted by Gasteiger charge is -2.18. The maximum absolute atomic E-state index is 13.6. The van der Waals surface area contributed by atoms with Crippen molar-refractivity contribution in [1.82, 2.24) is 10.6 Å². The van der Waals surface area contributed by atoms with Crippen molar-refractivity contribution in [3.05, 3.63) is 35.4 Å². The van der Waals surface area contributed by atoms with Crippen molar-refractivity contribution in [2.24, 2.45) is 0 Å². The number of methoxy groups -OCH3 is 1. The molecule has 0 aliphatic heterocycles. The van der Waals surface area contributed by atoms with E-state index in [0.29, 0.717) is 6.42 Å². The standard InChI is InChI=1S/C13H16F2N2O3/c1-3-11(9-6-8(14)4-5-10(9)15)17-12(18)7-16-13(19)20-2/h4-6,11H,3,7H2,1-2H3,(H,16,19)(H,17,18)/t11-/m1/s1. The number of hydrogen-bond donors (Lipinski definition) is 2. The fourth-order valence-corrected chi connectivity index (χ4v) is 1.65. The number of carbonyl (C=O) groups excluding carboxylic acids is 2. The highest BCUT2D eigenvalue weighted by molar-refractivity contribution is 5.82. The fourth-order valence-electron chi connectivity index (χ4n) is 1.65. The average molecular weight is 286 g/mol. The van der Waals surface area contributed by atoms with Crippen LogP contribution in [-0.2, 0) is 9.53 Å². The van der Waals surface area contributed by atoms with E-state index in [4.69, 9.17) is 0 Å². The van der Waals surface area contributed by atoms with Gasteiger partial charge < -0.3 is 15.4 Å². The van der Waals surface area contributed by atoms with Gasteiger partial charge in [0.2, 0.25) is 5.91 Å². The van der Waals surface area contributed by atoms with E-state index in [1.54, 1.807) is 6.92 Å². The lowest BCUT2D eigenvalue weighted by molar-refractivity contribution is -0.121. The molecule has 1 aromatic rings. The van der Waals surface area contributed by atoms with Gasteiger partial charge in [-0.15, -0.1) is 0 Å². The van der Waals surface area contributed by atoms with Crippen LogP contribution in [0.5, 0.6) is 0 Å². The monoisotopic (exact) mass is 286 g/mol. The number of halogens is 2. The molecular weight excluding hydrogens is 270 g/mol. The molecule has 0 saturated heterocycles. The Hall–Kier alpha value is -2.18.